The van der Waals surface area contributed by atoms with E-state index in [4.69, 9.17) is 4.74 Å². The van der Waals surface area contributed by atoms with E-state index in [1.165, 1.54) is 34.1 Å². The number of ether oxygens (including phenoxy) is 1. The molecule has 5 rings (SSSR count). The smallest absolute Gasteiger partial charge is 0.321 e. The Morgan fingerprint density at radius 3 is 2.50 bits per heavy atom. The average molecular weight is 509 g/mol. The van der Waals surface area contributed by atoms with Crippen molar-refractivity contribution in [2.75, 3.05) is 38.1 Å². The highest BCUT2D eigenvalue weighted by molar-refractivity contribution is 7.19. The first kappa shape index (κ1) is 23.9. The molecule has 1 N–H and O–H groups in total. The number of carbonyl (C=O) groups is 1. The molecule has 4 aromatic rings. The lowest BCUT2D eigenvalue weighted by Gasteiger charge is -2.34. The van der Waals surface area contributed by atoms with Crippen molar-refractivity contribution in [3.63, 3.8) is 0 Å². The first-order chi connectivity index (χ1) is 17.5. The van der Waals surface area contributed by atoms with Gasteiger partial charge in [-0.1, -0.05) is 11.3 Å². The molecule has 2 aromatic heterocycles. The van der Waals surface area contributed by atoms with E-state index in [1.54, 1.807) is 17.0 Å². The van der Waals surface area contributed by atoms with Gasteiger partial charge in [0.25, 0.3) is 5.56 Å². The third-order valence-electron chi connectivity index (χ3n) is 5.85. The van der Waals surface area contributed by atoms with Crippen LogP contribution >= 0.6 is 11.3 Å². The van der Waals surface area contributed by atoms with E-state index >= 15 is 0 Å². The van der Waals surface area contributed by atoms with Crippen molar-refractivity contribution in [2.45, 2.75) is 13.5 Å². The second kappa shape index (κ2) is 10.4. The van der Waals surface area contributed by atoms with E-state index in [0.717, 1.165) is 11.3 Å². The third kappa shape index (κ3) is 5.37. The number of benzene rings is 2. The standard InChI is InChI=1S/C25H25FN6O3S/c1-2-35-21-9-7-19(8-10-21)27-24(34)31-13-11-30(12-14-31)16-20-15-22(33)32-25(28-20)36-23(29-32)17-3-5-18(26)6-4-17/h3-10,15H,2,11-14,16H2,1H3,(H,27,34). The van der Waals surface area contributed by atoms with Crippen LogP contribution < -0.4 is 15.6 Å². The van der Waals surface area contributed by atoms with Crippen LogP contribution in [0.1, 0.15) is 12.6 Å². The summed E-state index contributed by atoms with van der Waals surface area (Å²) < 4.78 is 19.9. The first-order valence-corrected chi connectivity index (χ1v) is 12.5. The zero-order valence-electron chi connectivity index (χ0n) is 19.7. The van der Waals surface area contributed by atoms with Crippen molar-refractivity contribution in [3.05, 3.63) is 76.5 Å². The van der Waals surface area contributed by atoms with Crippen LogP contribution in [-0.2, 0) is 6.54 Å². The molecule has 1 aliphatic rings. The Labute approximate surface area is 210 Å². The van der Waals surface area contributed by atoms with Gasteiger partial charge in [0.05, 0.1) is 12.3 Å². The summed E-state index contributed by atoms with van der Waals surface area (Å²) in [5.74, 6) is 0.437. The summed E-state index contributed by atoms with van der Waals surface area (Å²) in [5, 5.41) is 7.87. The molecule has 0 unspecified atom stereocenters. The maximum absolute atomic E-state index is 13.2. The molecule has 1 fully saturated rings. The molecule has 3 heterocycles. The summed E-state index contributed by atoms with van der Waals surface area (Å²) in [5.41, 5.74) is 1.84. The monoisotopic (exact) mass is 508 g/mol. The number of nitrogens with zero attached hydrogens (tertiary/aromatic N) is 5. The van der Waals surface area contributed by atoms with Crippen molar-refractivity contribution < 1.29 is 13.9 Å². The van der Waals surface area contributed by atoms with Crippen LogP contribution in [-0.4, -0.2) is 63.2 Å². The summed E-state index contributed by atoms with van der Waals surface area (Å²) in [7, 11) is 0. The minimum atomic E-state index is -0.328. The summed E-state index contributed by atoms with van der Waals surface area (Å²) in [6, 6.07) is 14.6. The molecule has 0 radical (unpaired) electrons. The second-order valence-corrected chi connectivity index (χ2v) is 9.30. The minimum absolute atomic E-state index is 0.144. The van der Waals surface area contributed by atoms with Gasteiger partial charge in [0.15, 0.2) is 0 Å². The Morgan fingerprint density at radius 1 is 1.08 bits per heavy atom. The van der Waals surface area contributed by atoms with Gasteiger partial charge in [0, 0.05) is 50.0 Å². The Morgan fingerprint density at radius 2 is 1.81 bits per heavy atom. The molecule has 0 saturated carbocycles. The van der Waals surface area contributed by atoms with Gasteiger partial charge in [-0.15, -0.1) is 0 Å². The zero-order valence-corrected chi connectivity index (χ0v) is 20.5. The second-order valence-electron chi connectivity index (χ2n) is 8.34. The Kier molecular flexibility index (Phi) is 6.92. The van der Waals surface area contributed by atoms with Crippen molar-refractivity contribution in [1.82, 2.24) is 24.4 Å². The SMILES string of the molecule is CCOc1ccc(NC(=O)N2CCN(Cc3cc(=O)n4nc(-c5ccc(F)cc5)sc4n3)CC2)cc1. The molecular weight excluding hydrogens is 483 g/mol. The number of rotatable bonds is 6. The van der Waals surface area contributed by atoms with Gasteiger partial charge in [-0.3, -0.25) is 9.69 Å². The molecule has 0 bridgehead atoms. The number of hydrogen-bond donors (Lipinski definition) is 1. The molecule has 36 heavy (non-hydrogen) atoms. The fourth-order valence-corrected chi connectivity index (χ4v) is 4.92. The molecule has 11 heteroatoms. The molecular formula is C25H25FN6O3S. The van der Waals surface area contributed by atoms with E-state index in [1.807, 2.05) is 31.2 Å². The van der Waals surface area contributed by atoms with Gasteiger partial charge in [0.2, 0.25) is 4.96 Å². The number of urea groups is 1. The quantitative estimate of drug-likeness (QED) is 0.427. The van der Waals surface area contributed by atoms with E-state index < -0.39 is 0 Å². The number of nitrogens with one attached hydrogen (secondary N) is 1. The lowest BCUT2D eigenvalue weighted by Crippen LogP contribution is -2.49. The molecule has 0 spiro atoms. The maximum atomic E-state index is 13.2. The summed E-state index contributed by atoms with van der Waals surface area (Å²) in [6.45, 7) is 5.49. The van der Waals surface area contributed by atoms with Crippen molar-refractivity contribution in [1.29, 1.82) is 0 Å². The third-order valence-corrected chi connectivity index (χ3v) is 6.81. The molecule has 9 nitrogen and oxygen atoms in total. The maximum Gasteiger partial charge on any atom is 0.321 e. The largest absolute Gasteiger partial charge is 0.494 e. The number of fused-ring (bicyclic) bond motifs is 1. The number of carbonyl (C=O) groups excluding carboxylic acids is 1. The minimum Gasteiger partial charge on any atom is -0.494 e. The van der Waals surface area contributed by atoms with Crippen LogP contribution in [0.3, 0.4) is 0 Å². The highest BCUT2D eigenvalue weighted by Crippen LogP contribution is 2.24. The highest BCUT2D eigenvalue weighted by Gasteiger charge is 2.22. The topological polar surface area (TPSA) is 92.1 Å². The number of aromatic nitrogens is 3. The van der Waals surface area contributed by atoms with Crippen LogP contribution in [0.5, 0.6) is 5.75 Å². The van der Waals surface area contributed by atoms with Crippen LogP contribution in [0.15, 0.2) is 59.4 Å². The van der Waals surface area contributed by atoms with E-state index in [2.05, 4.69) is 20.3 Å². The summed E-state index contributed by atoms with van der Waals surface area (Å²) in [6.07, 6.45) is 0. The average Bonchev–Trinajstić information content (AvgIpc) is 3.31. The summed E-state index contributed by atoms with van der Waals surface area (Å²) in [4.78, 5) is 34.3. The van der Waals surface area contributed by atoms with Crippen LogP contribution in [0, 0.1) is 5.82 Å². The van der Waals surface area contributed by atoms with Crippen LogP contribution in [0.2, 0.25) is 0 Å². The van der Waals surface area contributed by atoms with Crippen molar-refractivity contribution >= 4 is 28.0 Å². The van der Waals surface area contributed by atoms with Crippen LogP contribution in [0.25, 0.3) is 15.5 Å². The van der Waals surface area contributed by atoms with Gasteiger partial charge in [0.1, 0.15) is 16.6 Å². The van der Waals surface area contributed by atoms with Gasteiger partial charge in [-0.25, -0.2) is 14.2 Å². The van der Waals surface area contributed by atoms with Gasteiger partial charge >= 0.3 is 6.03 Å². The van der Waals surface area contributed by atoms with Crippen molar-refractivity contribution in [2.24, 2.45) is 0 Å². The lowest BCUT2D eigenvalue weighted by molar-refractivity contribution is 0.142. The molecule has 2 aromatic carbocycles. The molecule has 0 atom stereocenters. The normalized spacial score (nSPS) is 14.2. The van der Waals surface area contributed by atoms with Gasteiger partial charge in [-0.2, -0.15) is 9.61 Å². The number of halogens is 1. The number of anilines is 1. The number of piperazine rings is 1. The predicted molar refractivity (Wildman–Crippen MR) is 136 cm³/mol. The highest BCUT2D eigenvalue weighted by atomic mass is 32.1. The molecule has 186 valence electrons. The Bertz CT molecular complexity index is 1410. The Hall–Kier alpha value is -3.83. The van der Waals surface area contributed by atoms with Crippen LogP contribution in [0.4, 0.5) is 14.9 Å². The van der Waals surface area contributed by atoms with Gasteiger partial charge < -0.3 is 15.0 Å². The van der Waals surface area contributed by atoms with E-state index in [-0.39, 0.29) is 17.4 Å². The first-order valence-electron chi connectivity index (χ1n) is 11.7. The Balaban J connectivity index is 1.19. The fraction of sp³-hybridized carbons (Fsp3) is 0.280. The molecule has 0 aliphatic carbocycles. The van der Waals surface area contributed by atoms with E-state index in [0.29, 0.717) is 60.7 Å². The fourth-order valence-electron chi connectivity index (χ4n) is 3.99. The summed E-state index contributed by atoms with van der Waals surface area (Å²) >= 11 is 1.29. The number of amides is 2. The molecule has 1 aliphatic heterocycles. The zero-order chi connectivity index (χ0) is 25.1. The lowest BCUT2D eigenvalue weighted by atomic mass is 10.2. The van der Waals surface area contributed by atoms with Crippen molar-refractivity contribution in [3.8, 4) is 16.3 Å². The van der Waals surface area contributed by atoms with E-state index in [9.17, 15) is 14.0 Å². The molecule has 2 amide bonds. The molecule has 1 saturated heterocycles. The van der Waals surface area contributed by atoms with Gasteiger partial charge in [-0.05, 0) is 55.5 Å². The number of hydrogen-bond acceptors (Lipinski definition) is 7. The predicted octanol–water partition coefficient (Wildman–Crippen LogP) is 3.71.